The van der Waals surface area contributed by atoms with Crippen molar-refractivity contribution >= 4 is 11.6 Å². The predicted octanol–water partition coefficient (Wildman–Crippen LogP) is 5.89. The maximum atomic E-state index is 13.5. The molecule has 39 heavy (non-hydrogen) atoms. The first-order valence-corrected chi connectivity index (χ1v) is 13.4. The van der Waals surface area contributed by atoms with Crippen LogP contribution in [0.15, 0.2) is 60.9 Å². The predicted molar refractivity (Wildman–Crippen MR) is 143 cm³/mol. The van der Waals surface area contributed by atoms with Gasteiger partial charge in [0.25, 0.3) is 5.82 Å². The molecular formula is C29H30F3N7. The average Bonchev–Trinajstić information content (AvgIpc) is 3.56. The van der Waals surface area contributed by atoms with Gasteiger partial charge >= 0.3 is 6.18 Å². The summed E-state index contributed by atoms with van der Waals surface area (Å²) in [6.07, 6.45) is 5.42. The number of aromatic nitrogens is 5. The van der Waals surface area contributed by atoms with Gasteiger partial charge in [0.2, 0.25) is 5.95 Å². The molecule has 4 aromatic rings. The molecule has 202 valence electrons. The maximum Gasteiger partial charge on any atom is 0.453 e. The number of likely N-dealkylation sites (tertiary alicyclic amines) is 1. The van der Waals surface area contributed by atoms with Gasteiger partial charge in [0.15, 0.2) is 0 Å². The van der Waals surface area contributed by atoms with Crippen LogP contribution in [0.4, 0.5) is 24.8 Å². The molecule has 1 aliphatic carbocycles. The molecule has 0 bridgehead atoms. The summed E-state index contributed by atoms with van der Waals surface area (Å²) >= 11 is 0. The SMILES string of the molecule is FC(F)(F)c1nc(Nc2ccc3c(c2)CCC(N2CCCC2)CC3)n(Cc2ncc(-c3ccccc3)cn2)n1. The zero-order chi connectivity index (χ0) is 26.8. The third kappa shape index (κ3) is 5.80. The van der Waals surface area contributed by atoms with Gasteiger partial charge in [-0.05, 0) is 80.4 Å². The number of fused-ring (bicyclic) bond motifs is 1. The second-order valence-corrected chi connectivity index (χ2v) is 10.3. The number of nitrogens with one attached hydrogen (secondary N) is 1. The molecule has 1 saturated heterocycles. The third-order valence-corrected chi connectivity index (χ3v) is 7.64. The van der Waals surface area contributed by atoms with Crippen LogP contribution in [0.2, 0.25) is 0 Å². The Morgan fingerprint density at radius 3 is 2.31 bits per heavy atom. The summed E-state index contributed by atoms with van der Waals surface area (Å²) < 4.78 is 41.8. The van der Waals surface area contributed by atoms with Crippen molar-refractivity contribution in [1.82, 2.24) is 29.6 Å². The van der Waals surface area contributed by atoms with Crippen LogP contribution in [0, 0.1) is 0 Å². The van der Waals surface area contributed by atoms with Crippen molar-refractivity contribution in [2.24, 2.45) is 0 Å². The van der Waals surface area contributed by atoms with Gasteiger partial charge in [-0.15, -0.1) is 5.10 Å². The Morgan fingerprint density at radius 1 is 0.872 bits per heavy atom. The van der Waals surface area contributed by atoms with Crippen LogP contribution in [0.5, 0.6) is 0 Å². The zero-order valence-electron chi connectivity index (χ0n) is 21.5. The maximum absolute atomic E-state index is 13.5. The first-order chi connectivity index (χ1) is 18.9. The molecule has 2 aromatic heterocycles. The van der Waals surface area contributed by atoms with Crippen LogP contribution in [-0.4, -0.2) is 48.8 Å². The molecular weight excluding hydrogens is 503 g/mol. The average molecular weight is 534 g/mol. The second-order valence-electron chi connectivity index (χ2n) is 10.3. The van der Waals surface area contributed by atoms with Gasteiger partial charge < -0.3 is 10.2 Å². The molecule has 0 saturated carbocycles. The number of rotatable bonds is 6. The lowest BCUT2D eigenvalue weighted by molar-refractivity contribution is -0.144. The van der Waals surface area contributed by atoms with E-state index in [2.05, 4.69) is 36.3 Å². The summed E-state index contributed by atoms with van der Waals surface area (Å²) in [7, 11) is 0. The first kappa shape index (κ1) is 25.5. The molecule has 1 N–H and O–H groups in total. The molecule has 1 aliphatic heterocycles. The molecule has 1 fully saturated rings. The Balaban J connectivity index is 1.21. The van der Waals surface area contributed by atoms with Crippen molar-refractivity contribution in [3.63, 3.8) is 0 Å². The van der Waals surface area contributed by atoms with Crippen LogP contribution in [0.3, 0.4) is 0 Å². The van der Waals surface area contributed by atoms with E-state index in [1.165, 1.54) is 41.7 Å². The normalized spacial score (nSPS) is 18.1. The fourth-order valence-corrected chi connectivity index (χ4v) is 5.58. The number of aryl methyl sites for hydroxylation is 2. The third-order valence-electron chi connectivity index (χ3n) is 7.64. The molecule has 0 amide bonds. The molecule has 2 aliphatic rings. The highest BCUT2D eigenvalue weighted by atomic mass is 19.4. The number of benzene rings is 2. The van der Waals surface area contributed by atoms with Crippen LogP contribution >= 0.6 is 0 Å². The lowest BCUT2D eigenvalue weighted by atomic mass is 10.0. The smallest absolute Gasteiger partial charge is 0.324 e. The summed E-state index contributed by atoms with van der Waals surface area (Å²) in [6, 6.07) is 16.3. The van der Waals surface area contributed by atoms with Gasteiger partial charge in [-0.3, -0.25) is 0 Å². The number of hydrogen-bond donors (Lipinski definition) is 1. The van der Waals surface area contributed by atoms with Gasteiger partial charge in [-0.2, -0.15) is 18.2 Å². The van der Waals surface area contributed by atoms with E-state index in [0.29, 0.717) is 17.6 Å². The summed E-state index contributed by atoms with van der Waals surface area (Å²) in [5.41, 5.74) is 5.03. The van der Waals surface area contributed by atoms with Gasteiger partial charge in [-0.1, -0.05) is 36.4 Å². The van der Waals surface area contributed by atoms with Gasteiger partial charge in [0.05, 0.1) is 0 Å². The molecule has 10 heteroatoms. The zero-order valence-corrected chi connectivity index (χ0v) is 21.5. The van der Waals surface area contributed by atoms with Crippen LogP contribution < -0.4 is 5.32 Å². The minimum Gasteiger partial charge on any atom is -0.324 e. The molecule has 1 unspecified atom stereocenters. The van der Waals surface area contributed by atoms with E-state index in [1.54, 1.807) is 12.4 Å². The molecule has 1 atom stereocenters. The number of alkyl halides is 3. The van der Waals surface area contributed by atoms with E-state index >= 15 is 0 Å². The minimum absolute atomic E-state index is 0.00146. The fraction of sp³-hybridized carbons (Fsp3) is 0.379. The van der Waals surface area contributed by atoms with Crippen molar-refractivity contribution in [1.29, 1.82) is 0 Å². The largest absolute Gasteiger partial charge is 0.453 e. The quantitative estimate of drug-likeness (QED) is 0.312. The Hall–Kier alpha value is -3.79. The number of anilines is 2. The van der Waals surface area contributed by atoms with Gasteiger partial charge in [0.1, 0.15) is 12.4 Å². The summed E-state index contributed by atoms with van der Waals surface area (Å²) in [6.45, 7) is 2.32. The van der Waals surface area contributed by atoms with E-state index in [1.807, 2.05) is 42.5 Å². The Bertz CT molecular complexity index is 1410. The number of halogens is 3. The van der Waals surface area contributed by atoms with Crippen LogP contribution in [-0.2, 0) is 25.6 Å². The lowest BCUT2D eigenvalue weighted by Gasteiger charge is -2.25. The van der Waals surface area contributed by atoms with Gasteiger partial charge in [0, 0.05) is 29.7 Å². The second kappa shape index (κ2) is 10.8. The highest BCUT2D eigenvalue weighted by Gasteiger charge is 2.37. The highest BCUT2D eigenvalue weighted by molar-refractivity contribution is 5.61. The first-order valence-electron chi connectivity index (χ1n) is 13.4. The Labute approximate surface area is 225 Å². The van der Waals surface area contributed by atoms with Crippen molar-refractivity contribution in [2.45, 2.75) is 57.3 Å². The molecule has 0 spiro atoms. The van der Waals surface area contributed by atoms with Crippen LogP contribution in [0.25, 0.3) is 11.1 Å². The van der Waals surface area contributed by atoms with Gasteiger partial charge in [-0.25, -0.2) is 14.6 Å². The van der Waals surface area contributed by atoms with Crippen molar-refractivity contribution in [2.75, 3.05) is 18.4 Å². The number of nitrogens with zero attached hydrogens (tertiary/aromatic N) is 6. The van der Waals surface area contributed by atoms with Crippen molar-refractivity contribution < 1.29 is 13.2 Å². The molecule has 6 rings (SSSR count). The van der Waals surface area contributed by atoms with Crippen molar-refractivity contribution in [3.8, 4) is 11.1 Å². The Kier molecular flexibility index (Phi) is 7.03. The van der Waals surface area contributed by atoms with Crippen LogP contribution in [0.1, 0.15) is 48.5 Å². The Morgan fingerprint density at radius 2 is 1.59 bits per heavy atom. The minimum atomic E-state index is -4.67. The van der Waals surface area contributed by atoms with E-state index in [-0.39, 0.29) is 12.5 Å². The molecule has 3 heterocycles. The fourth-order valence-electron chi connectivity index (χ4n) is 5.58. The van der Waals surface area contributed by atoms with E-state index in [4.69, 9.17) is 0 Å². The van der Waals surface area contributed by atoms with Crippen molar-refractivity contribution in [3.05, 3.63) is 83.7 Å². The molecule has 2 aromatic carbocycles. The summed E-state index contributed by atoms with van der Waals surface area (Å²) in [5.74, 6) is -0.859. The molecule has 0 radical (unpaired) electrons. The van der Waals surface area contributed by atoms with E-state index in [0.717, 1.165) is 36.8 Å². The standard InChI is InChI=1S/C29H30F3N7/c30-29(31,32)27-36-28(39(37-27)19-26-33-17-23(18-34-26)20-6-2-1-3-7-20)35-24-11-8-21-9-12-25(13-10-22(21)16-24)38-14-4-5-15-38/h1-3,6-8,11,16-18,25H,4-5,9-10,12-15,19H2,(H,35,36,37). The van der Waals surface area contributed by atoms with E-state index in [9.17, 15) is 13.2 Å². The summed E-state index contributed by atoms with van der Waals surface area (Å²) in [5, 5.41) is 6.83. The van der Waals surface area contributed by atoms with E-state index < -0.39 is 12.0 Å². The monoisotopic (exact) mass is 533 g/mol. The topological polar surface area (TPSA) is 71.8 Å². The highest BCUT2D eigenvalue weighted by Crippen LogP contribution is 2.31. The number of hydrogen-bond acceptors (Lipinski definition) is 6. The summed E-state index contributed by atoms with van der Waals surface area (Å²) in [4.78, 5) is 15.1. The lowest BCUT2D eigenvalue weighted by Crippen LogP contribution is -2.32. The molecule has 7 nitrogen and oxygen atoms in total.